The summed E-state index contributed by atoms with van der Waals surface area (Å²) < 4.78 is 10.0. The molecule has 18 heteroatoms. The number of nitrogens with one attached hydrogen (secondary N) is 1. The number of hydrogen-bond donors (Lipinski definition) is 4. The van der Waals surface area contributed by atoms with Crippen LogP contribution in [0.4, 0.5) is 0 Å². The van der Waals surface area contributed by atoms with Crippen LogP contribution in [0, 0.1) is 58.4 Å². The normalized spacial score (nSPS) is 15.9. The number of nitrogens with zero attached hydrogens (tertiary/aromatic N) is 4. The number of carbonyl (C=O) groups is 3. The van der Waals surface area contributed by atoms with Crippen molar-refractivity contribution < 1.29 is 99.7 Å². The van der Waals surface area contributed by atoms with E-state index >= 15 is 0 Å². The zero-order valence-electron chi connectivity index (χ0n) is 27.9. The predicted molar refractivity (Wildman–Crippen MR) is 173 cm³/mol. The first-order valence-corrected chi connectivity index (χ1v) is 15.5. The molecule has 1 amide bonds. The van der Waals surface area contributed by atoms with Crippen molar-refractivity contribution >= 4 is 17.8 Å². The molecule has 0 aromatic heterocycles. The van der Waals surface area contributed by atoms with Crippen molar-refractivity contribution in [3.05, 3.63) is 42.5 Å². The first-order chi connectivity index (χ1) is 22.9. The molecule has 1 heterocycles. The first-order valence-electron chi connectivity index (χ1n) is 15.5. The largest absolute Gasteiger partial charge is 0.467 e. The van der Waals surface area contributed by atoms with Crippen LogP contribution in [-0.4, -0.2) is 165 Å². The minimum absolute atomic E-state index is 0. The van der Waals surface area contributed by atoms with Crippen molar-refractivity contribution in [1.29, 1.82) is 0 Å². The Labute approximate surface area is 319 Å². The fourth-order valence-electron chi connectivity index (χ4n) is 4.74. The third-order valence-corrected chi connectivity index (χ3v) is 7.53. The number of methoxy groups -OCH3 is 1. The Morgan fingerprint density at radius 2 is 1.41 bits per heavy atom. The summed E-state index contributed by atoms with van der Waals surface area (Å²) in [5.74, 6) is 4.24. The van der Waals surface area contributed by atoms with Gasteiger partial charge in [-0.15, -0.1) is 6.54 Å². The molecule has 0 aliphatic carbocycles. The van der Waals surface area contributed by atoms with Gasteiger partial charge in [0.05, 0.1) is 26.9 Å². The van der Waals surface area contributed by atoms with E-state index in [1.54, 1.807) is 30.3 Å². The van der Waals surface area contributed by atoms with Crippen LogP contribution in [0.3, 0.4) is 0 Å². The first kappa shape index (κ1) is 47.1. The van der Waals surface area contributed by atoms with Gasteiger partial charge in [-0.3, -0.25) is 40.1 Å². The average molecular weight is 843 g/mol. The molecule has 0 saturated carbocycles. The van der Waals surface area contributed by atoms with Gasteiger partial charge in [0.2, 0.25) is 0 Å². The van der Waals surface area contributed by atoms with Crippen molar-refractivity contribution in [3.8, 4) is 11.8 Å². The van der Waals surface area contributed by atoms with E-state index in [1.165, 1.54) is 13.7 Å². The van der Waals surface area contributed by atoms with Gasteiger partial charge in [0.25, 0.3) is 5.91 Å². The standard InChI is InChI=1S/C31H48N5O11.Gd.H2O/c1-43-31(39)28(32-30(38)27-7-3-2-4-8-27)9-10-29(37)44-23-6-5-11-33-12-14-34(20-24-45-40)16-18-36(22-26-47-42)19-17-35(15-13-33)21-25-46-41;;/h2-4,7-8,24,28,40-42H,9-23,25-26H2,1H3,(H,32,38);;1H2/q-1;;/p+1. The van der Waals surface area contributed by atoms with E-state index in [-0.39, 0.29) is 78.1 Å². The second kappa shape index (κ2) is 29.8. The van der Waals surface area contributed by atoms with Crippen LogP contribution in [0.5, 0.6) is 0 Å². The molecule has 1 aromatic rings. The van der Waals surface area contributed by atoms with Crippen LogP contribution in [-0.2, 0) is 39.2 Å². The Morgan fingerprint density at radius 1 is 0.857 bits per heavy atom. The third-order valence-electron chi connectivity index (χ3n) is 7.53. The molecule has 7 N–H and O–H groups in total. The van der Waals surface area contributed by atoms with E-state index in [9.17, 15) is 14.4 Å². The van der Waals surface area contributed by atoms with Crippen molar-refractivity contribution in [1.82, 2.24) is 24.9 Å². The topological polar surface area (TPSA) is 216 Å². The van der Waals surface area contributed by atoms with Crippen LogP contribution in [0.2, 0.25) is 0 Å². The number of carbonyl (C=O) groups excluding carboxylic acids is 3. The van der Waals surface area contributed by atoms with E-state index in [2.05, 4.69) is 51.4 Å². The van der Waals surface area contributed by atoms with Crippen molar-refractivity contribution in [2.24, 2.45) is 0 Å². The molecule has 1 atom stereocenters. The molecule has 17 nitrogen and oxygen atoms in total. The number of amides is 1. The molecule has 1 aliphatic rings. The molecule has 1 aromatic carbocycles. The monoisotopic (exact) mass is 843 g/mol. The number of benzene rings is 1. The fraction of sp³-hybridized carbons (Fsp3) is 0.613. The quantitative estimate of drug-likeness (QED) is 0.0378. The summed E-state index contributed by atoms with van der Waals surface area (Å²) in [6, 6.07) is 7.40. The molecule has 1 fully saturated rings. The molecule has 1 saturated heterocycles. The third kappa shape index (κ3) is 21.1. The molecule has 1 unspecified atom stereocenters. The Morgan fingerprint density at radius 3 is 1.94 bits per heavy atom. The van der Waals surface area contributed by atoms with Gasteiger partial charge in [0, 0.05) is 117 Å². The van der Waals surface area contributed by atoms with Crippen molar-refractivity contribution in [2.45, 2.75) is 18.9 Å². The number of esters is 2. The van der Waals surface area contributed by atoms with Crippen molar-refractivity contribution in [3.63, 3.8) is 0 Å². The van der Waals surface area contributed by atoms with Crippen LogP contribution in [0.15, 0.2) is 30.3 Å². The second-order valence-corrected chi connectivity index (χ2v) is 10.7. The Kier molecular flexibility index (Phi) is 28.6. The van der Waals surface area contributed by atoms with E-state index in [4.69, 9.17) is 25.2 Å². The van der Waals surface area contributed by atoms with Gasteiger partial charge in [-0.1, -0.05) is 30.0 Å². The minimum atomic E-state index is -1.01. The van der Waals surface area contributed by atoms with Crippen molar-refractivity contribution in [2.75, 3.05) is 105 Å². The molecule has 49 heavy (non-hydrogen) atoms. The zero-order valence-corrected chi connectivity index (χ0v) is 30.2. The van der Waals surface area contributed by atoms with Gasteiger partial charge in [-0.05, 0) is 18.6 Å². The van der Waals surface area contributed by atoms with Gasteiger partial charge in [-0.25, -0.2) is 14.6 Å². The molecule has 280 valence electrons. The molecule has 0 bridgehead atoms. The van der Waals surface area contributed by atoms with Crippen LogP contribution >= 0.6 is 0 Å². The summed E-state index contributed by atoms with van der Waals surface area (Å²) in [7, 11) is 1.21. The van der Waals surface area contributed by atoms with E-state index in [1.807, 2.05) is 0 Å². The van der Waals surface area contributed by atoms with Crippen LogP contribution in [0.1, 0.15) is 23.2 Å². The summed E-state index contributed by atoms with van der Waals surface area (Å²) in [4.78, 5) is 58.4. The average Bonchev–Trinajstić information content (AvgIpc) is 3.09. The Balaban J connectivity index is 0.0000115. The maximum Gasteiger partial charge on any atom is 0.328 e. The maximum absolute atomic E-state index is 12.5. The van der Waals surface area contributed by atoms with E-state index < -0.39 is 23.9 Å². The summed E-state index contributed by atoms with van der Waals surface area (Å²) >= 11 is 0. The Hall–Kier alpha value is -1.93. The molecule has 0 spiro atoms. The number of hydrogen-bond acceptors (Lipinski definition) is 15. The Bertz CT molecular complexity index is 1070. The number of rotatable bonds is 17. The second-order valence-electron chi connectivity index (χ2n) is 10.7. The number of ether oxygens (including phenoxy) is 2. The van der Waals surface area contributed by atoms with E-state index in [0.29, 0.717) is 84.1 Å². The van der Waals surface area contributed by atoms with Crippen LogP contribution in [0.25, 0.3) is 0 Å². The minimum Gasteiger partial charge on any atom is -0.467 e. The van der Waals surface area contributed by atoms with Gasteiger partial charge >= 0.3 is 11.9 Å². The summed E-state index contributed by atoms with van der Waals surface area (Å²) in [6.07, 6.45) is -0.115. The molecular formula is C31H51GdN5O12. The van der Waals surface area contributed by atoms with Gasteiger partial charge in [0.1, 0.15) is 6.04 Å². The SMILES string of the molecule is COC(=O)C(CCC(=O)OCC#CCN1CCN(C[CH-]OO)CCN(CCOO)CCN(CCOO)CC1)NC(=O)c1ccccc1.[Gd].[OH3+]. The van der Waals surface area contributed by atoms with Crippen LogP contribution < -0.4 is 5.32 Å². The van der Waals surface area contributed by atoms with E-state index in [0.717, 1.165) is 0 Å². The van der Waals surface area contributed by atoms with Gasteiger partial charge in [-0.2, -0.15) is 6.61 Å². The van der Waals surface area contributed by atoms with Gasteiger partial charge in [0.15, 0.2) is 6.61 Å². The summed E-state index contributed by atoms with van der Waals surface area (Å²) in [5, 5.41) is 29.1. The smallest absolute Gasteiger partial charge is 0.328 e. The van der Waals surface area contributed by atoms with Gasteiger partial charge < -0.3 is 30.1 Å². The fourth-order valence-corrected chi connectivity index (χ4v) is 4.74. The predicted octanol–water partition coefficient (Wildman–Crippen LogP) is -0.785. The maximum atomic E-state index is 12.5. The molecule has 0 radical (unpaired) electrons. The molecule has 2 rings (SSSR count). The summed E-state index contributed by atoms with van der Waals surface area (Å²) in [6.45, 7) is 8.82. The molecular weight excluding hydrogens is 792 g/mol. The summed E-state index contributed by atoms with van der Waals surface area (Å²) in [5.41, 5.74) is 0.380. The zero-order chi connectivity index (χ0) is 34.1. The molecule has 1 aliphatic heterocycles.